The lowest BCUT2D eigenvalue weighted by atomic mass is 10.2. The number of carbonyl (C=O) groups is 2. The second-order valence-corrected chi connectivity index (χ2v) is 5.63. The number of aromatic nitrogens is 1. The van der Waals surface area contributed by atoms with Crippen LogP contribution in [0.4, 0.5) is 10.8 Å². The third kappa shape index (κ3) is 3.49. The van der Waals surface area contributed by atoms with Gasteiger partial charge in [0.1, 0.15) is 17.6 Å². The Bertz CT molecular complexity index is 484. The fourth-order valence-electron chi connectivity index (χ4n) is 1.88. The summed E-state index contributed by atoms with van der Waals surface area (Å²) >= 11 is 0. The predicted molar refractivity (Wildman–Crippen MR) is 71.9 cm³/mol. The third-order valence-corrected chi connectivity index (χ3v) is 2.83. The molecule has 0 saturated carbocycles. The van der Waals surface area contributed by atoms with Crippen LogP contribution in [0.25, 0.3) is 0 Å². The van der Waals surface area contributed by atoms with Gasteiger partial charge in [0.05, 0.1) is 0 Å². The topological polar surface area (TPSA) is 75.9 Å². The molecule has 7 heteroatoms. The molecule has 0 aromatic carbocycles. The van der Waals surface area contributed by atoms with Gasteiger partial charge in [-0.1, -0.05) is 0 Å². The van der Waals surface area contributed by atoms with E-state index >= 15 is 0 Å². The summed E-state index contributed by atoms with van der Waals surface area (Å²) in [6.45, 7) is 7.79. The summed E-state index contributed by atoms with van der Waals surface area (Å²) in [6, 6.07) is 0.413. The number of carbonyl (C=O) groups excluding carboxylic acids is 2. The average Bonchev–Trinajstić information content (AvgIpc) is 2.85. The van der Waals surface area contributed by atoms with E-state index in [9.17, 15) is 9.59 Å². The Morgan fingerprint density at radius 3 is 2.50 bits per heavy atom. The largest absolute Gasteiger partial charge is 0.444 e. The minimum absolute atomic E-state index is 0.273. The number of aldehydes is 1. The normalized spacial score (nSPS) is 16.1. The van der Waals surface area contributed by atoms with Crippen molar-refractivity contribution in [2.45, 2.75) is 26.4 Å². The first-order valence-electron chi connectivity index (χ1n) is 6.52. The first-order valence-corrected chi connectivity index (χ1v) is 6.52. The first-order chi connectivity index (χ1) is 9.39. The molecule has 1 aliphatic heterocycles. The molecule has 1 aromatic heterocycles. The van der Waals surface area contributed by atoms with E-state index in [1.54, 1.807) is 4.90 Å². The number of anilines is 1. The number of hydrogen-bond acceptors (Lipinski definition) is 6. The Hall–Kier alpha value is -2.05. The van der Waals surface area contributed by atoms with Crippen LogP contribution in [0.5, 0.6) is 0 Å². The molecule has 0 spiro atoms. The summed E-state index contributed by atoms with van der Waals surface area (Å²) in [5.41, 5.74) is -0.218. The van der Waals surface area contributed by atoms with Crippen LogP contribution in [0.3, 0.4) is 0 Å². The Balaban J connectivity index is 1.89. The van der Waals surface area contributed by atoms with Gasteiger partial charge in [0.15, 0.2) is 6.29 Å². The van der Waals surface area contributed by atoms with Crippen LogP contribution in [0.1, 0.15) is 31.3 Å². The second kappa shape index (κ2) is 5.52. The van der Waals surface area contributed by atoms with Gasteiger partial charge in [-0.15, -0.1) is 0 Å². The lowest BCUT2D eigenvalue weighted by Crippen LogP contribution is -2.50. The van der Waals surface area contributed by atoms with Gasteiger partial charge in [0.25, 0.3) is 6.01 Å². The van der Waals surface area contributed by atoms with Crippen LogP contribution in [-0.2, 0) is 4.74 Å². The predicted octanol–water partition coefficient (Wildman–Crippen LogP) is 1.54. The summed E-state index contributed by atoms with van der Waals surface area (Å²) in [7, 11) is 0. The summed E-state index contributed by atoms with van der Waals surface area (Å²) in [6.07, 6.45) is 1.66. The number of nitrogens with zero attached hydrogens (tertiary/aromatic N) is 3. The monoisotopic (exact) mass is 281 g/mol. The van der Waals surface area contributed by atoms with Crippen LogP contribution >= 0.6 is 0 Å². The number of piperazine rings is 1. The Kier molecular flexibility index (Phi) is 3.96. The van der Waals surface area contributed by atoms with Gasteiger partial charge in [-0.2, -0.15) is 4.98 Å². The molecule has 20 heavy (non-hydrogen) atoms. The van der Waals surface area contributed by atoms with Crippen molar-refractivity contribution in [3.63, 3.8) is 0 Å². The molecule has 2 heterocycles. The zero-order valence-corrected chi connectivity index (χ0v) is 12.0. The van der Waals surface area contributed by atoms with Gasteiger partial charge < -0.3 is 19.0 Å². The summed E-state index contributed by atoms with van der Waals surface area (Å²) in [4.78, 5) is 30.1. The van der Waals surface area contributed by atoms with Crippen LogP contribution in [-0.4, -0.2) is 54.0 Å². The van der Waals surface area contributed by atoms with E-state index in [0.717, 1.165) is 0 Å². The van der Waals surface area contributed by atoms with Crippen LogP contribution in [0, 0.1) is 0 Å². The zero-order chi connectivity index (χ0) is 14.8. The average molecular weight is 281 g/mol. The number of hydrogen-bond donors (Lipinski definition) is 0. The minimum atomic E-state index is -0.490. The molecular weight excluding hydrogens is 262 g/mol. The molecule has 0 unspecified atom stereocenters. The van der Waals surface area contributed by atoms with E-state index in [4.69, 9.17) is 9.15 Å². The maximum Gasteiger partial charge on any atom is 0.410 e. The Morgan fingerprint density at radius 2 is 2.00 bits per heavy atom. The Morgan fingerprint density at radius 1 is 1.35 bits per heavy atom. The van der Waals surface area contributed by atoms with Gasteiger partial charge >= 0.3 is 6.09 Å². The van der Waals surface area contributed by atoms with Crippen LogP contribution in [0.2, 0.25) is 0 Å². The fraction of sp³-hybridized carbons (Fsp3) is 0.615. The SMILES string of the molecule is CC(C)(C)OC(=O)N1CCN(c2nc(C=O)co2)CC1. The number of amides is 1. The van der Waals surface area contributed by atoms with E-state index in [0.29, 0.717) is 38.5 Å². The lowest BCUT2D eigenvalue weighted by Gasteiger charge is -2.34. The summed E-state index contributed by atoms with van der Waals surface area (Å²) < 4.78 is 10.5. The Labute approximate surface area is 117 Å². The number of rotatable bonds is 2. The highest BCUT2D eigenvalue weighted by molar-refractivity contribution is 5.71. The van der Waals surface area contributed by atoms with Crippen molar-refractivity contribution in [1.29, 1.82) is 0 Å². The van der Waals surface area contributed by atoms with E-state index < -0.39 is 5.60 Å². The molecule has 7 nitrogen and oxygen atoms in total. The number of oxazole rings is 1. The van der Waals surface area contributed by atoms with Crippen molar-refractivity contribution < 1.29 is 18.7 Å². The van der Waals surface area contributed by atoms with Crippen molar-refractivity contribution >= 4 is 18.4 Å². The van der Waals surface area contributed by atoms with Crippen LogP contribution in [0.15, 0.2) is 10.7 Å². The van der Waals surface area contributed by atoms with E-state index in [1.165, 1.54) is 6.26 Å². The highest BCUT2D eigenvalue weighted by Crippen LogP contribution is 2.17. The van der Waals surface area contributed by atoms with Crippen molar-refractivity contribution in [3.8, 4) is 0 Å². The molecule has 1 aromatic rings. The highest BCUT2D eigenvalue weighted by Gasteiger charge is 2.27. The maximum absolute atomic E-state index is 11.9. The molecule has 1 aliphatic rings. The molecule has 1 amide bonds. The van der Waals surface area contributed by atoms with E-state index in [2.05, 4.69) is 4.98 Å². The summed E-state index contributed by atoms with van der Waals surface area (Å²) in [5, 5.41) is 0. The molecule has 110 valence electrons. The fourth-order valence-corrected chi connectivity index (χ4v) is 1.88. The van der Waals surface area contributed by atoms with Gasteiger partial charge in [-0.05, 0) is 20.8 Å². The van der Waals surface area contributed by atoms with Crippen molar-refractivity contribution in [2.24, 2.45) is 0 Å². The molecule has 1 fully saturated rings. The standard InChI is InChI=1S/C13H19N3O4/c1-13(2,3)20-12(18)16-6-4-15(5-7-16)11-14-10(8-17)9-19-11/h8-9H,4-7H2,1-3H3. The third-order valence-electron chi connectivity index (χ3n) is 2.83. The molecule has 0 bridgehead atoms. The highest BCUT2D eigenvalue weighted by atomic mass is 16.6. The molecule has 0 N–H and O–H groups in total. The van der Waals surface area contributed by atoms with Gasteiger partial charge in [0, 0.05) is 26.2 Å². The smallest absolute Gasteiger partial charge is 0.410 e. The van der Waals surface area contributed by atoms with Gasteiger partial charge in [0.2, 0.25) is 0 Å². The van der Waals surface area contributed by atoms with Crippen molar-refractivity contribution in [2.75, 3.05) is 31.1 Å². The second-order valence-electron chi connectivity index (χ2n) is 5.63. The molecule has 0 atom stereocenters. The van der Waals surface area contributed by atoms with Gasteiger partial charge in [-0.25, -0.2) is 4.79 Å². The van der Waals surface area contributed by atoms with E-state index in [-0.39, 0.29) is 11.8 Å². The zero-order valence-electron chi connectivity index (χ0n) is 12.0. The van der Waals surface area contributed by atoms with Crippen molar-refractivity contribution in [1.82, 2.24) is 9.88 Å². The first kappa shape index (κ1) is 14.4. The van der Waals surface area contributed by atoms with Gasteiger partial charge in [-0.3, -0.25) is 4.79 Å². The maximum atomic E-state index is 11.9. The molecular formula is C13H19N3O4. The minimum Gasteiger partial charge on any atom is -0.444 e. The summed E-state index contributed by atoms with van der Waals surface area (Å²) in [5.74, 6) is 0. The van der Waals surface area contributed by atoms with E-state index in [1.807, 2.05) is 25.7 Å². The number of ether oxygens (including phenoxy) is 1. The molecule has 0 radical (unpaired) electrons. The molecule has 1 saturated heterocycles. The molecule has 0 aliphatic carbocycles. The lowest BCUT2D eigenvalue weighted by molar-refractivity contribution is 0.0239. The van der Waals surface area contributed by atoms with Crippen LogP contribution < -0.4 is 4.90 Å². The quantitative estimate of drug-likeness (QED) is 0.765. The molecule has 2 rings (SSSR count). The van der Waals surface area contributed by atoms with Crippen molar-refractivity contribution in [3.05, 3.63) is 12.0 Å².